The van der Waals surface area contributed by atoms with E-state index in [1.54, 1.807) is 10.9 Å². The first-order valence-corrected chi connectivity index (χ1v) is 12.3. The highest BCUT2D eigenvalue weighted by Crippen LogP contribution is 2.40. The number of ether oxygens (including phenoxy) is 3. The average Bonchev–Trinajstić information content (AvgIpc) is 3.34. The first-order chi connectivity index (χ1) is 17.1. The minimum atomic E-state index is -0.248. The first kappa shape index (κ1) is 24.3. The van der Waals surface area contributed by atoms with E-state index in [-0.39, 0.29) is 17.1 Å². The maximum Gasteiger partial charge on any atom is 0.236 e. The largest absolute Gasteiger partial charge is 0.468 e. The van der Waals surface area contributed by atoms with Gasteiger partial charge in [-0.3, -0.25) is 4.99 Å². The third kappa shape index (κ3) is 4.81. The summed E-state index contributed by atoms with van der Waals surface area (Å²) < 4.78 is 19.1. The Kier molecular flexibility index (Phi) is 6.22. The summed E-state index contributed by atoms with van der Waals surface area (Å²) in [7, 11) is 1.83. The lowest BCUT2D eigenvalue weighted by molar-refractivity contribution is -0.0823. The van der Waals surface area contributed by atoms with E-state index in [0.717, 1.165) is 22.5 Å². The summed E-state index contributed by atoms with van der Waals surface area (Å²) in [4.78, 5) is 9.39. The lowest BCUT2D eigenvalue weighted by atomic mass is 9.83. The van der Waals surface area contributed by atoms with Crippen LogP contribution in [0.3, 0.4) is 0 Å². The van der Waals surface area contributed by atoms with Crippen LogP contribution < -0.4 is 15.4 Å². The number of aliphatic imine (C=N–C) groups is 2. The number of hydrogen-bond acceptors (Lipinski definition) is 9. The number of hydrogen-bond donors (Lipinski definition) is 2. The molecule has 190 valence electrons. The van der Waals surface area contributed by atoms with Crippen molar-refractivity contribution in [1.82, 2.24) is 9.78 Å². The fraction of sp³-hybridized carbons (Fsp3) is 0.538. The molecule has 0 bridgehead atoms. The van der Waals surface area contributed by atoms with Gasteiger partial charge in [0.05, 0.1) is 48.6 Å². The zero-order valence-electron chi connectivity index (χ0n) is 21.5. The molecule has 1 atom stereocenters. The number of aryl methyl sites for hydroxylation is 1. The molecule has 0 aliphatic carbocycles. The number of aromatic nitrogens is 2. The van der Waals surface area contributed by atoms with Crippen LogP contribution in [0.15, 0.2) is 28.3 Å². The zero-order chi connectivity index (χ0) is 25.5. The standard InChI is InChI=1S/C26H33N7O3/c1-25(2,3)35-15-26(4)14-29-22-17(10-27)8-16(9-19(22)26)20-6-7-28-24(31-20)32-21-11-30-33(5)23(21)36-18-12-34-13-18/h8-9,11,18,29H,6-7,12-15H2,1-5H3,(H,28,32). The van der Waals surface area contributed by atoms with Gasteiger partial charge in [-0.25, -0.2) is 9.67 Å². The lowest BCUT2D eigenvalue weighted by Crippen LogP contribution is -2.39. The maximum atomic E-state index is 9.90. The summed E-state index contributed by atoms with van der Waals surface area (Å²) in [5, 5.41) is 20.9. The van der Waals surface area contributed by atoms with Gasteiger partial charge in [0.1, 0.15) is 17.9 Å². The molecule has 3 aliphatic rings. The molecular formula is C26H33N7O3. The van der Waals surface area contributed by atoms with Gasteiger partial charge >= 0.3 is 0 Å². The number of fused-ring (bicyclic) bond motifs is 1. The van der Waals surface area contributed by atoms with Crippen molar-refractivity contribution < 1.29 is 14.2 Å². The second-order valence-electron chi connectivity index (χ2n) is 10.8. The number of nitriles is 1. The molecule has 1 aromatic heterocycles. The Morgan fingerprint density at radius 3 is 2.83 bits per heavy atom. The Labute approximate surface area is 211 Å². The number of guanidine groups is 1. The van der Waals surface area contributed by atoms with E-state index >= 15 is 0 Å². The summed E-state index contributed by atoms with van der Waals surface area (Å²) in [6.07, 6.45) is 2.42. The van der Waals surface area contributed by atoms with Crippen LogP contribution in [-0.2, 0) is 21.9 Å². The minimum absolute atomic E-state index is 0.0225. The monoisotopic (exact) mass is 491 g/mol. The van der Waals surface area contributed by atoms with Crippen LogP contribution in [-0.4, -0.2) is 66.1 Å². The number of nitrogens with zero attached hydrogens (tertiary/aromatic N) is 5. The van der Waals surface area contributed by atoms with Gasteiger partial charge < -0.3 is 24.8 Å². The van der Waals surface area contributed by atoms with Crippen molar-refractivity contribution in [2.24, 2.45) is 17.0 Å². The van der Waals surface area contributed by atoms with Gasteiger partial charge in [0.25, 0.3) is 0 Å². The van der Waals surface area contributed by atoms with Crippen LogP contribution in [0.1, 0.15) is 50.8 Å². The van der Waals surface area contributed by atoms with E-state index in [9.17, 15) is 5.26 Å². The Bertz CT molecular complexity index is 1260. The Balaban J connectivity index is 1.41. The van der Waals surface area contributed by atoms with Gasteiger partial charge in [-0.2, -0.15) is 10.4 Å². The highest BCUT2D eigenvalue weighted by atomic mass is 16.6. The topological polar surface area (TPSA) is 118 Å². The first-order valence-electron chi connectivity index (χ1n) is 12.3. The second-order valence-corrected chi connectivity index (χ2v) is 10.8. The summed E-state index contributed by atoms with van der Waals surface area (Å²) >= 11 is 0. The van der Waals surface area contributed by atoms with Gasteiger partial charge in [-0.1, -0.05) is 6.92 Å². The molecule has 1 unspecified atom stereocenters. The third-order valence-electron chi connectivity index (χ3n) is 6.59. The van der Waals surface area contributed by atoms with Crippen LogP contribution in [0.5, 0.6) is 5.88 Å². The Morgan fingerprint density at radius 1 is 1.33 bits per heavy atom. The van der Waals surface area contributed by atoms with Crippen LogP contribution >= 0.6 is 0 Å². The summed E-state index contributed by atoms with van der Waals surface area (Å²) in [5.41, 5.74) is 4.63. The normalized spacial score (nSPS) is 21.6. The third-order valence-corrected chi connectivity index (χ3v) is 6.59. The van der Waals surface area contributed by atoms with Gasteiger partial charge in [0, 0.05) is 32.0 Å². The molecule has 1 aromatic carbocycles. The van der Waals surface area contributed by atoms with Crippen molar-refractivity contribution in [3.8, 4) is 11.9 Å². The fourth-order valence-corrected chi connectivity index (χ4v) is 4.42. The number of nitrogens with one attached hydrogen (secondary N) is 2. The van der Waals surface area contributed by atoms with Gasteiger partial charge in [0.15, 0.2) is 0 Å². The predicted molar refractivity (Wildman–Crippen MR) is 138 cm³/mol. The van der Waals surface area contributed by atoms with Gasteiger partial charge in [0.2, 0.25) is 11.8 Å². The van der Waals surface area contributed by atoms with Crippen molar-refractivity contribution in [3.63, 3.8) is 0 Å². The molecule has 10 nitrogen and oxygen atoms in total. The highest BCUT2D eigenvalue weighted by Gasteiger charge is 2.38. The lowest BCUT2D eigenvalue weighted by Gasteiger charge is -2.30. The van der Waals surface area contributed by atoms with Gasteiger partial charge in [-0.05, 0) is 44.0 Å². The Hall–Kier alpha value is -3.42. The summed E-state index contributed by atoms with van der Waals surface area (Å²) in [6, 6.07) is 6.43. The molecule has 36 heavy (non-hydrogen) atoms. The van der Waals surface area contributed by atoms with E-state index in [2.05, 4.69) is 60.6 Å². The van der Waals surface area contributed by atoms with E-state index < -0.39 is 0 Å². The van der Waals surface area contributed by atoms with Crippen molar-refractivity contribution >= 4 is 23.0 Å². The van der Waals surface area contributed by atoms with Crippen LogP contribution in [0, 0.1) is 11.3 Å². The van der Waals surface area contributed by atoms with Crippen molar-refractivity contribution in [2.45, 2.75) is 51.2 Å². The van der Waals surface area contributed by atoms with E-state index in [0.29, 0.717) is 62.4 Å². The second kappa shape index (κ2) is 9.22. The highest BCUT2D eigenvalue weighted by molar-refractivity contribution is 6.12. The average molecular weight is 492 g/mol. The molecule has 0 amide bonds. The predicted octanol–water partition coefficient (Wildman–Crippen LogP) is 3.23. The zero-order valence-corrected chi connectivity index (χ0v) is 21.5. The van der Waals surface area contributed by atoms with Crippen molar-refractivity contribution in [1.29, 1.82) is 5.26 Å². The molecule has 3 aliphatic heterocycles. The fourth-order valence-electron chi connectivity index (χ4n) is 4.42. The van der Waals surface area contributed by atoms with E-state index in [1.165, 1.54) is 0 Å². The van der Waals surface area contributed by atoms with Crippen LogP contribution in [0.4, 0.5) is 11.4 Å². The number of rotatable bonds is 6. The quantitative estimate of drug-likeness (QED) is 0.637. The maximum absolute atomic E-state index is 9.90. The van der Waals surface area contributed by atoms with E-state index in [1.807, 2.05) is 13.1 Å². The Morgan fingerprint density at radius 2 is 2.14 bits per heavy atom. The molecule has 0 radical (unpaired) electrons. The number of benzene rings is 1. The molecule has 0 spiro atoms. The SMILES string of the molecule is Cn1ncc(NC2=NCCC(c3cc(C#N)c4c(c3)C(C)(COC(C)(C)C)CN4)=N2)c1OC1COC1. The van der Waals surface area contributed by atoms with Crippen molar-refractivity contribution in [3.05, 3.63) is 35.0 Å². The molecule has 2 aromatic rings. The molecular weight excluding hydrogens is 458 g/mol. The minimum Gasteiger partial charge on any atom is -0.468 e. The smallest absolute Gasteiger partial charge is 0.236 e. The molecule has 4 heterocycles. The number of anilines is 2. The van der Waals surface area contributed by atoms with E-state index in [4.69, 9.17) is 19.2 Å². The summed E-state index contributed by atoms with van der Waals surface area (Å²) in [5.74, 6) is 1.12. The summed E-state index contributed by atoms with van der Waals surface area (Å²) in [6.45, 7) is 11.4. The van der Waals surface area contributed by atoms with Crippen molar-refractivity contribution in [2.75, 3.05) is 43.5 Å². The molecule has 2 N–H and O–H groups in total. The molecule has 0 saturated carbocycles. The van der Waals surface area contributed by atoms with Crippen LogP contribution in [0.2, 0.25) is 0 Å². The van der Waals surface area contributed by atoms with Gasteiger partial charge in [-0.15, -0.1) is 0 Å². The van der Waals surface area contributed by atoms with Crippen LogP contribution in [0.25, 0.3) is 0 Å². The molecule has 10 heteroatoms. The molecule has 5 rings (SSSR count). The molecule has 1 fully saturated rings. The molecule has 1 saturated heterocycles.